The van der Waals surface area contributed by atoms with Gasteiger partial charge >= 0.3 is 6.03 Å². The Bertz CT molecular complexity index is 1010. The zero-order chi connectivity index (χ0) is 21.3. The number of rotatable bonds is 7. The molecule has 0 spiro atoms. The molecule has 1 aromatic heterocycles. The summed E-state index contributed by atoms with van der Waals surface area (Å²) >= 11 is 1.00. The highest BCUT2D eigenvalue weighted by molar-refractivity contribution is 7.91. The van der Waals surface area contributed by atoms with Crippen LogP contribution in [0.15, 0.2) is 28.5 Å². The van der Waals surface area contributed by atoms with Gasteiger partial charge in [0.1, 0.15) is 0 Å². The molecule has 2 heterocycles. The quantitative estimate of drug-likeness (QED) is 0.676. The third-order valence-corrected chi connectivity index (χ3v) is 8.69. The molecule has 162 valence electrons. The van der Waals surface area contributed by atoms with Crippen LogP contribution in [0.5, 0.6) is 0 Å². The van der Waals surface area contributed by atoms with Gasteiger partial charge in [0, 0.05) is 38.1 Å². The van der Waals surface area contributed by atoms with E-state index < -0.39 is 10.0 Å². The third kappa shape index (κ3) is 4.76. The molecule has 0 unspecified atom stereocenters. The fourth-order valence-corrected chi connectivity index (χ4v) is 6.02. The van der Waals surface area contributed by atoms with Crippen LogP contribution in [0.4, 0.5) is 21.3 Å². The van der Waals surface area contributed by atoms with Crippen molar-refractivity contribution in [1.82, 2.24) is 9.71 Å². The van der Waals surface area contributed by atoms with E-state index >= 15 is 0 Å². The number of urea groups is 1. The zero-order valence-electron chi connectivity index (χ0n) is 17.2. The van der Waals surface area contributed by atoms with Crippen molar-refractivity contribution in [3.63, 3.8) is 0 Å². The van der Waals surface area contributed by atoms with E-state index in [1.54, 1.807) is 14.0 Å². The fourth-order valence-electron chi connectivity index (χ4n) is 3.40. The zero-order valence-corrected chi connectivity index (χ0v) is 18.9. The summed E-state index contributed by atoms with van der Waals surface area (Å²) in [7, 11) is -2.03. The summed E-state index contributed by atoms with van der Waals surface area (Å²) in [6.45, 7) is 4.24. The van der Waals surface area contributed by atoms with Gasteiger partial charge in [0.05, 0.1) is 5.69 Å². The molecule has 2 aromatic rings. The molecule has 4 rings (SSSR count). The normalized spacial score (nSPS) is 16.7. The van der Waals surface area contributed by atoms with E-state index in [4.69, 9.17) is 0 Å². The first kappa shape index (κ1) is 21.1. The van der Waals surface area contributed by atoms with Gasteiger partial charge in [-0.1, -0.05) is 11.3 Å². The lowest BCUT2D eigenvalue weighted by Gasteiger charge is -2.18. The summed E-state index contributed by atoms with van der Waals surface area (Å²) in [5, 5.41) is 3.18. The number of carbonyl (C=O) groups excluding carboxylic acids is 1. The van der Waals surface area contributed by atoms with E-state index in [0.29, 0.717) is 29.0 Å². The number of thiazole rings is 1. The first-order valence-electron chi connectivity index (χ1n) is 10.2. The highest BCUT2D eigenvalue weighted by Gasteiger charge is 2.28. The lowest BCUT2D eigenvalue weighted by Crippen LogP contribution is -2.31. The van der Waals surface area contributed by atoms with Gasteiger partial charge in [-0.15, -0.1) is 0 Å². The average Bonchev–Trinajstić information content (AvgIpc) is 3.22. The third-order valence-electron chi connectivity index (χ3n) is 5.43. The molecule has 30 heavy (non-hydrogen) atoms. The smallest absolute Gasteiger partial charge is 0.327 e. The molecule has 1 aliphatic heterocycles. The number of hydrogen-bond donors (Lipinski definition) is 2. The second-order valence-corrected chi connectivity index (χ2v) is 10.8. The molecule has 8 nitrogen and oxygen atoms in total. The summed E-state index contributed by atoms with van der Waals surface area (Å²) in [5.74, 6) is 0.442. The van der Waals surface area contributed by atoms with E-state index in [1.165, 1.54) is 17.7 Å². The van der Waals surface area contributed by atoms with Crippen molar-refractivity contribution in [3.05, 3.63) is 30.0 Å². The number of hydrogen-bond acceptors (Lipinski definition) is 6. The Labute approximate surface area is 181 Å². The molecule has 0 atom stereocenters. The molecule has 0 radical (unpaired) electrons. The molecule has 1 saturated heterocycles. The maximum Gasteiger partial charge on any atom is 0.327 e. The Hall–Kier alpha value is -2.17. The highest BCUT2D eigenvalue weighted by atomic mass is 32.2. The molecule has 0 bridgehead atoms. The van der Waals surface area contributed by atoms with Crippen molar-refractivity contribution in [2.24, 2.45) is 5.92 Å². The van der Waals surface area contributed by atoms with Crippen molar-refractivity contribution in [2.75, 3.05) is 41.8 Å². The average molecular weight is 450 g/mol. The fraction of sp³-hybridized carbons (Fsp3) is 0.500. The topological polar surface area (TPSA) is 94.6 Å². The van der Waals surface area contributed by atoms with E-state index in [1.807, 2.05) is 24.3 Å². The Morgan fingerprint density at radius 1 is 1.23 bits per heavy atom. The molecular formula is C20H27N5O3S2. The van der Waals surface area contributed by atoms with Crippen molar-refractivity contribution in [1.29, 1.82) is 0 Å². The SMILES string of the molecule is Cc1nc(N(C)C(=O)Nc2ccc(N3CCCC3)cc2)sc1S(=O)(=O)NCC1CC1. The Balaban J connectivity index is 1.41. The van der Waals surface area contributed by atoms with Crippen LogP contribution in [-0.2, 0) is 10.0 Å². The number of aryl methyl sites for hydroxylation is 1. The molecule has 1 aliphatic carbocycles. The predicted molar refractivity (Wildman–Crippen MR) is 120 cm³/mol. The molecule has 1 aromatic carbocycles. The molecule has 2 aliphatic rings. The Morgan fingerprint density at radius 3 is 2.53 bits per heavy atom. The van der Waals surface area contributed by atoms with Crippen LogP contribution >= 0.6 is 11.3 Å². The van der Waals surface area contributed by atoms with Gasteiger partial charge in [0.2, 0.25) is 0 Å². The standard InChI is InChI=1S/C20H27N5O3S2/c1-14-18(30(27,28)21-13-15-5-6-15)29-20(22-14)24(2)19(26)23-16-7-9-17(10-8-16)25-11-3-4-12-25/h7-10,15,21H,3-6,11-13H2,1-2H3,(H,23,26). The Morgan fingerprint density at radius 2 is 1.90 bits per heavy atom. The number of sulfonamides is 1. The number of carbonyl (C=O) groups is 1. The second-order valence-electron chi connectivity index (χ2n) is 7.89. The van der Waals surface area contributed by atoms with E-state index in [-0.39, 0.29) is 10.2 Å². The minimum absolute atomic E-state index is 0.160. The van der Waals surface area contributed by atoms with Crippen LogP contribution in [0.1, 0.15) is 31.4 Å². The van der Waals surface area contributed by atoms with Crippen LogP contribution in [-0.4, -0.2) is 46.1 Å². The van der Waals surface area contributed by atoms with Crippen LogP contribution in [0.2, 0.25) is 0 Å². The highest BCUT2D eigenvalue weighted by Crippen LogP contribution is 2.32. The van der Waals surface area contributed by atoms with Crippen molar-refractivity contribution in [3.8, 4) is 0 Å². The van der Waals surface area contributed by atoms with Gasteiger partial charge < -0.3 is 10.2 Å². The van der Waals surface area contributed by atoms with Gasteiger partial charge in [-0.05, 0) is 62.8 Å². The van der Waals surface area contributed by atoms with Gasteiger partial charge in [-0.3, -0.25) is 4.90 Å². The first-order valence-corrected chi connectivity index (χ1v) is 12.5. The summed E-state index contributed by atoms with van der Waals surface area (Å²) in [6, 6.07) is 7.40. The van der Waals surface area contributed by atoms with E-state index in [2.05, 4.69) is 19.9 Å². The summed E-state index contributed by atoms with van der Waals surface area (Å²) in [5.41, 5.74) is 2.23. The van der Waals surface area contributed by atoms with E-state index in [9.17, 15) is 13.2 Å². The van der Waals surface area contributed by atoms with Crippen LogP contribution in [0, 0.1) is 12.8 Å². The summed E-state index contributed by atoms with van der Waals surface area (Å²) < 4.78 is 27.9. The number of benzene rings is 1. The van der Waals surface area contributed by atoms with Gasteiger partial charge in [-0.25, -0.2) is 22.9 Å². The van der Waals surface area contributed by atoms with Gasteiger partial charge in [0.25, 0.3) is 10.0 Å². The summed E-state index contributed by atoms with van der Waals surface area (Å²) in [4.78, 5) is 20.6. The van der Waals surface area contributed by atoms with Gasteiger partial charge in [-0.2, -0.15) is 0 Å². The lowest BCUT2D eigenvalue weighted by atomic mass is 10.2. The van der Waals surface area contributed by atoms with Crippen molar-refractivity contribution < 1.29 is 13.2 Å². The minimum atomic E-state index is -3.61. The largest absolute Gasteiger partial charge is 0.372 e. The maximum atomic E-state index is 12.7. The molecule has 1 saturated carbocycles. The Kier molecular flexibility index (Phi) is 5.99. The first-order chi connectivity index (χ1) is 14.3. The number of nitrogens with zero attached hydrogens (tertiary/aromatic N) is 3. The predicted octanol–water partition coefficient (Wildman–Crippen LogP) is 3.41. The lowest BCUT2D eigenvalue weighted by molar-refractivity contribution is 0.258. The number of amides is 2. The number of anilines is 3. The van der Waals surface area contributed by atoms with Crippen molar-refractivity contribution >= 4 is 43.9 Å². The molecule has 2 N–H and O–H groups in total. The summed E-state index contributed by atoms with van der Waals surface area (Å²) in [6.07, 6.45) is 4.56. The number of aromatic nitrogens is 1. The maximum absolute atomic E-state index is 12.7. The number of nitrogens with one attached hydrogen (secondary N) is 2. The molecule has 2 amide bonds. The van der Waals surface area contributed by atoms with Gasteiger partial charge in [0.15, 0.2) is 9.34 Å². The molecular weight excluding hydrogens is 422 g/mol. The van der Waals surface area contributed by atoms with Crippen LogP contribution in [0.25, 0.3) is 0 Å². The monoisotopic (exact) mass is 449 g/mol. The van der Waals surface area contributed by atoms with Crippen LogP contribution < -0.4 is 19.8 Å². The van der Waals surface area contributed by atoms with Crippen LogP contribution in [0.3, 0.4) is 0 Å². The van der Waals surface area contributed by atoms with Crippen molar-refractivity contribution in [2.45, 2.75) is 36.8 Å². The molecule has 2 fully saturated rings. The minimum Gasteiger partial charge on any atom is -0.372 e. The molecule has 10 heteroatoms. The second kappa shape index (κ2) is 8.52. The van der Waals surface area contributed by atoms with E-state index in [0.717, 1.165) is 43.0 Å².